The second-order valence-corrected chi connectivity index (χ2v) is 3.03. The third-order valence-electron chi connectivity index (χ3n) is 2.01. The van der Waals surface area contributed by atoms with Gasteiger partial charge >= 0.3 is 0 Å². The Kier molecular flexibility index (Phi) is 1.65. The highest BCUT2D eigenvalue weighted by Crippen LogP contribution is 2.18. The van der Waals surface area contributed by atoms with Crippen molar-refractivity contribution >= 4 is 16.7 Å². The van der Waals surface area contributed by atoms with Gasteiger partial charge in [0.1, 0.15) is 11.6 Å². The Morgan fingerprint density at radius 3 is 2.85 bits per heavy atom. The molecule has 2 rings (SSSR count). The summed E-state index contributed by atoms with van der Waals surface area (Å²) in [5, 5.41) is 0.910. The van der Waals surface area contributed by atoms with Gasteiger partial charge in [-0.1, -0.05) is 0 Å². The second-order valence-electron chi connectivity index (χ2n) is 3.03. The summed E-state index contributed by atoms with van der Waals surface area (Å²) in [6.07, 6.45) is 0. The summed E-state index contributed by atoms with van der Waals surface area (Å²) in [6.45, 7) is 1.88. The Morgan fingerprint density at radius 1 is 1.31 bits per heavy atom. The van der Waals surface area contributed by atoms with Gasteiger partial charge in [0.05, 0.1) is 5.52 Å². The Balaban J connectivity index is 2.81. The van der Waals surface area contributed by atoms with Gasteiger partial charge in [-0.05, 0) is 30.7 Å². The molecule has 0 aliphatic carbocycles. The molecule has 1 aromatic heterocycles. The fourth-order valence-corrected chi connectivity index (χ4v) is 1.26. The molecule has 0 atom stereocenters. The van der Waals surface area contributed by atoms with Crippen molar-refractivity contribution in [2.75, 3.05) is 5.73 Å². The quantitative estimate of drug-likeness (QED) is 0.668. The zero-order valence-electron chi connectivity index (χ0n) is 7.21. The Labute approximate surface area is 75.2 Å². The monoisotopic (exact) mass is 176 g/mol. The lowest BCUT2D eigenvalue weighted by Gasteiger charge is -2.02. The molecule has 1 heterocycles. The van der Waals surface area contributed by atoms with E-state index in [-0.39, 0.29) is 5.82 Å². The van der Waals surface area contributed by atoms with Crippen LogP contribution in [0.1, 0.15) is 5.56 Å². The zero-order valence-corrected chi connectivity index (χ0v) is 7.21. The van der Waals surface area contributed by atoms with Gasteiger partial charge in [-0.25, -0.2) is 9.37 Å². The molecule has 0 saturated carbocycles. The SMILES string of the molecule is Cc1cc2ccc(F)cc2nc1N. The molecule has 2 N–H and O–H groups in total. The summed E-state index contributed by atoms with van der Waals surface area (Å²) in [4.78, 5) is 4.07. The van der Waals surface area contributed by atoms with Crippen molar-refractivity contribution in [1.29, 1.82) is 0 Å². The van der Waals surface area contributed by atoms with Gasteiger partial charge in [-0.2, -0.15) is 0 Å². The molecule has 0 amide bonds. The minimum absolute atomic E-state index is 0.289. The molecular weight excluding hydrogens is 167 g/mol. The molecule has 0 saturated heterocycles. The van der Waals surface area contributed by atoms with E-state index in [4.69, 9.17) is 5.73 Å². The van der Waals surface area contributed by atoms with Gasteiger partial charge in [0.25, 0.3) is 0 Å². The molecule has 0 fully saturated rings. The third-order valence-corrected chi connectivity index (χ3v) is 2.01. The van der Waals surface area contributed by atoms with Crippen LogP contribution in [0.3, 0.4) is 0 Å². The van der Waals surface area contributed by atoms with Crippen LogP contribution in [0.5, 0.6) is 0 Å². The first kappa shape index (κ1) is 7.98. The largest absolute Gasteiger partial charge is 0.383 e. The molecule has 3 heteroatoms. The number of fused-ring (bicyclic) bond motifs is 1. The fraction of sp³-hybridized carbons (Fsp3) is 0.100. The number of hydrogen-bond acceptors (Lipinski definition) is 2. The molecule has 0 radical (unpaired) electrons. The Hall–Kier alpha value is -1.64. The van der Waals surface area contributed by atoms with Crippen LogP contribution in [0.2, 0.25) is 0 Å². The number of aryl methyl sites for hydroxylation is 1. The molecular formula is C10H9FN2. The van der Waals surface area contributed by atoms with Crippen molar-refractivity contribution in [3.05, 3.63) is 35.6 Å². The van der Waals surface area contributed by atoms with Gasteiger partial charge in [0, 0.05) is 11.5 Å². The average Bonchev–Trinajstić information content (AvgIpc) is 2.08. The smallest absolute Gasteiger partial charge is 0.127 e. The third kappa shape index (κ3) is 1.33. The number of halogens is 1. The summed E-state index contributed by atoms with van der Waals surface area (Å²) in [5.74, 6) is 0.168. The van der Waals surface area contributed by atoms with Crippen LogP contribution >= 0.6 is 0 Å². The number of rotatable bonds is 0. The van der Waals surface area contributed by atoms with Crippen LogP contribution in [0, 0.1) is 12.7 Å². The van der Waals surface area contributed by atoms with Gasteiger partial charge < -0.3 is 5.73 Å². The van der Waals surface area contributed by atoms with E-state index in [0.29, 0.717) is 11.3 Å². The van der Waals surface area contributed by atoms with E-state index in [0.717, 1.165) is 10.9 Å². The number of nitrogens with two attached hydrogens (primary N) is 1. The van der Waals surface area contributed by atoms with Crippen molar-refractivity contribution in [2.24, 2.45) is 0 Å². The van der Waals surface area contributed by atoms with Crippen LogP contribution in [-0.4, -0.2) is 4.98 Å². The highest BCUT2D eigenvalue weighted by Gasteiger charge is 2.00. The Morgan fingerprint density at radius 2 is 2.08 bits per heavy atom. The molecule has 0 unspecified atom stereocenters. The van der Waals surface area contributed by atoms with E-state index in [9.17, 15) is 4.39 Å². The van der Waals surface area contributed by atoms with E-state index < -0.39 is 0 Å². The molecule has 2 aromatic rings. The van der Waals surface area contributed by atoms with Crippen LogP contribution in [-0.2, 0) is 0 Å². The summed E-state index contributed by atoms with van der Waals surface area (Å²) in [7, 11) is 0. The highest BCUT2D eigenvalue weighted by atomic mass is 19.1. The molecule has 2 nitrogen and oxygen atoms in total. The minimum atomic E-state index is -0.289. The number of pyridine rings is 1. The molecule has 0 aliphatic rings. The van der Waals surface area contributed by atoms with Crippen molar-refractivity contribution in [1.82, 2.24) is 4.98 Å². The molecule has 0 bridgehead atoms. The normalized spacial score (nSPS) is 10.6. The maximum atomic E-state index is 12.8. The lowest BCUT2D eigenvalue weighted by Crippen LogP contribution is -1.94. The van der Waals surface area contributed by atoms with Gasteiger partial charge in [0.15, 0.2) is 0 Å². The minimum Gasteiger partial charge on any atom is -0.383 e. The van der Waals surface area contributed by atoms with Gasteiger partial charge in [-0.15, -0.1) is 0 Å². The van der Waals surface area contributed by atoms with E-state index in [2.05, 4.69) is 4.98 Å². The lowest BCUT2D eigenvalue weighted by molar-refractivity contribution is 0.629. The standard InChI is InChI=1S/C10H9FN2/c1-6-4-7-2-3-8(11)5-9(7)13-10(6)12/h2-5H,1H3,(H2,12,13). The second kappa shape index (κ2) is 2.69. The van der Waals surface area contributed by atoms with E-state index in [1.165, 1.54) is 12.1 Å². The maximum Gasteiger partial charge on any atom is 0.127 e. The molecule has 0 spiro atoms. The topological polar surface area (TPSA) is 38.9 Å². The molecule has 0 aliphatic heterocycles. The summed E-state index contributed by atoms with van der Waals surface area (Å²) in [6, 6.07) is 6.39. The van der Waals surface area contributed by atoms with E-state index in [1.807, 2.05) is 13.0 Å². The van der Waals surface area contributed by atoms with E-state index in [1.54, 1.807) is 6.07 Å². The summed E-state index contributed by atoms with van der Waals surface area (Å²) in [5.41, 5.74) is 7.12. The highest BCUT2D eigenvalue weighted by molar-refractivity contribution is 5.81. The molecule has 1 aromatic carbocycles. The number of nitrogen functional groups attached to an aromatic ring is 1. The van der Waals surface area contributed by atoms with E-state index >= 15 is 0 Å². The summed E-state index contributed by atoms with van der Waals surface area (Å²) >= 11 is 0. The van der Waals surface area contributed by atoms with Gasteiger partial charge in [-0.3, -0.25) is 0 Å². The van der Waals surface area contributed by atoms with Crippen molar-refractivity contribution in [2.45, 2.75) is 6.92 Å². The maximum absolute atomic E-state index is 12.8. The number of nitrogens with zero attached hydrogens (tertiary/aromatic N) is 1. The first-order valence-electron chi connectivity index (χ1n) is 3.99. The van der Waals surface area contributed by atoms with Gasteiger partial charge in [0.2, 0.25) is 0 Å². The lowest BCUT2D eigenvalue weighted by atomic mass is 10.1. The first-order valence-corrected chi connectivity index (χ1v) is 3.99. The number of anilines is 1. The van der Waals surface area contributed by atoms with Crippen LogP contribution < -0.4 is 5.73 Å². The van der Waals surface area contributed by atoms with Crippen LogP contribution in [0.15, 0.2) is 24.3 Å². The number of aromatic nitrogens is 1. The van der Waals surface area contributed by atoms with Crippen molar-refractivity contribution in [3.8, 4) is 0 Å². The van der Waals surface area contributed by atoms with Crippen molar-refractivity contribution in [3.63, 3.8) is 0 Å². The Bertz CT molecular complexity index is 466. The predicted molar refractivity (Wildman–Crippen MR) is 50.9 cm³/mol. The number of hydrogen-bond donors (Lipinski definition) is 1. The summed E-state index contributed by atoms with van der Waals surface area (Å²) < 4.78 is 12.8. The molecule has 13 heavy (non-hydrogen) atoms. The van der Waals surface area contributed by atoms with Crippen LogP contribution in [0.4, 0.5) is 10.2 Å². The number of benzene rings is 1. The van der Waals surface area contributed by atoms with Crippen LogP contribution in [0.25, 0.3) is 10.9 Å². The zero-order chi connectivity index (χ0) is 9.42. The fourth-order valence-electron chi connectivity index (χ4n) is 1.26. The predicted octanol–water partition coefficient (Wildman–Crippen LogP) is 2.26. The average molecular weight is 176 g/mol. The molecule has 66 valence electrons. The first-order chi connectivity index (χ1) is 6.16. The van der Waals surface area contributed by atoms with Crippen molar-refractivity contribution < 1.29 is 4.39 Å².